The van der Waals surface area contributed by atoms with Crippen molar-refractivity contribution in [2.75, 3.05) is 7.05 Å². The standard InChI is InChI=1S/C9H11NO2.ClH/c1-10-6-7-2-4-8(5-3-7)9(11)12;/h2-5,10H,6H2,1H3,(H,11,12);1H. The Balaban J connectivity index is 0.00000144. The maximum Gasteiger partial charge on any atom is 0.335 e. The lowest BCUT2D eigenvalue weighted by Crippen LogP contribution is -2.05. The van der Waals surface area contributed by atoms with Gasteiger partial charge in [0.2, 0.25) is 0 Å². The van der Waals surface area contributed by atoms with Crippen LogP contribution in [-0.2, 0) is 6.54 Å². The maximum absolute atomic E-state index is 10.5. The fourth-order valence-electron chi connectivity index (χ4n) is 0.969. The molecule has 0 heterocycles. The smallest absolute Gasteiger partial charge is 0.335 e. The van der Waals surface area contributed by atoms with E-state index < -0.39 is 5.97 Å². The van der Waals surface area contributed by atoms with Crippen LogP contribution >= 0.6 is 12.4 Å². The van der Waals surface area contributed by atoms with Crippen molar-refractivity contribution in [2.24, 2.45) is 0 Å². The van der Waals surface area contributed by atoms with E-state index in [1.54, 1.807) is 24.3 Å². The number of hydrogen-bond acceptors (Lipinski definition) is 2. The van der Waals surface area contributed by atoms with Gasteiger partial charge in [-0.3, -0.25) is 0 Å². The first-order chi connectivity index (χ1) is 5.74. The van der Waals surface area contributed by atoms with E-state index in [0.29, 0.717) is 5.56 Å². The summed E-state index contributed by atoms with van der Waals surface area (Å²) in [6.45, 7) is 0.764. The molecular formula is C9H12ClNO2. The third-order valence-electron chi connectivity index (χ3n) is 1.58. The van der Waals surface area contributed by atoms with Crippen molar-refractivity contribution < 1.29 is 9.90 Å². The summed E-state index contributed by atoms with van der Waals surface area (Å²) >= 11 is 0. The lowest BCUT2D eigenvalue weighted by molar-refractivity contribution is 0.0697. The van der Waals surface area contributed by atoms with Gasteiger partial charge in [-0.1, -0.05) is 12.1 Å². The second-order valence-electron chi connectivity index (χ2n) is 2.53. The number of carboxylic acid groups (broad SMARTS) is 1. The molecule has 0 unspecified atom stereocenters. The van der Waals surface area contributed by atoms with Gasteiger partial charge in [0.05, 0.1) is 5.56 Å². The first kappa shape index (κ1) is 11.9. The van der Waals surface area contributed by atoms with E-state index >= 15 is 0 Å². The van der Waals surface area contributed by atoms with E-state index in [2.05, 4.69) is 5.32 Å². The first-order valence-corrected chi connectivity index (χ1v) is 3.71. The number of benzene rings is 1. The molecule has 0 saturated heterocycles. The second-order valence-corrected chi connectivity index (χ2v) is 2.53. The molecule has 0 aliphatic carbocycles. The van der Waals surface area contributed by atoms with Crippen molar-refractivity contribution in [1.82, 2.24) is 5.32 Å². The number of hydrogen-bond donors (Lipinski definition) is 2. The lowest BCUT2D eigenvalue weighted by Gasteiger charge is -1.99. The summed E-state index contributed by atoms with van der Waals surface area (Å²) in [4.78, 5) is 10.5. The van der Waals surface area contributed by atoms with Gasteiger partial charge in [-0.2, -0.15) is 0 Å². The van der Waals surface area contributed by atoms with Gasteiger partial charge in [0.1, 0.15) is 0 Å². The van der Waals surface area contributed by atoms with E-state index in [1.165, 1.54) is 0 Å². The molecule has 4 heteroatoms. The van der Waals surface area contributed by atoms with E-state index in [1.807, 2.05) is 7.05 Å². The molecule has 0 aliphatic rings. The van der Waals surface area contributed by atoms with Gasteiger partial charge in [-0.15, -0.1) is 12.4 Å². The topological polar surface area (TPSA) is 49.3 Å². The molecule has 2 N–H and O–H groups in total. The SMILES string of the molecule is CNCc1ccc(C(=O)O)cc1.Cl. The minimum atomic E-state index is -0.883. The zero-order chi connectivity index (χ0) is 8.97. The van der Waals surface area contributed by atoms with Crippen molar-refractivity contribution >= 4 is 18.4 Å². The van der Waals surface area contributed by atoms with Crippen LogP contribution in [0.15, 0.2) is 24.3 Å². The fraction of sp³-hybridized carbons (Fsp3) is 0.222. The minimum Gasteiger partial charge on any atom is -0.478 e. The monoisotopic (exact) mass is 201 g/mol. The number of rotatable bonds is 3. The fourth-order valence-corrected chi connectivity index (χ4v) is 0.969. The highest BCUT2D eigenvalue weighted by molar-refractivity contribution is 5.87. The molecule has 72 valence electrons. The van der Waals surface area contributed by atoms with Crippen LogP contribution in [0, 0.1) is 0 Å². The average Bonchev–Trinajstić information content (AvgIpc) is 2.06. The number of carboxylic acids is 1. The third-order valence-corrected chi connectivity index (χ3v) is 1.58. The summed E-state index contributed by atoms with van der Waals surface area (Å²) in [5, 5.41) is 11.6. The van der Waals surface area contributed by atoms with Crippen LogP contribution < -0.4 is 5.32 Å². The molecule has 1 rings (SSSR count). The van der Waals surface area contributed by atoms with E-state index in [4.69, 9.17) is 5.11 Å². The zero-order valence-electron chi connectivity index (χ0n) is 7.28. The van der Waals surface area contributed by atoms with Crippen LogP contribution in [0.2, 0.25) is 0 Å². The molecule has 3 nitrogen and oxygen atoms in total. The van der Waals surface area contributed by atoms with E-state index in [0.717, 1.165) is 12.1 Å². The summed E-state index contributed by atoms with van der Waals surface area (Å²) in [6, 6.07) is 6.82. The molecule has 13 heavy (non-hydrogen) atoms. The van der Waals surface area contributed by atoms with Crippen LogP contribution in [0.3, 0.4) is 0 Å². The average molecular weight is 202 g/mol. The quantitative estimate of drug-likeness (QED) is 0.780. The Morgan fingerprint density at radius 3 is 2.31 bits per heavy atom. The molecule has 1 aromatic rings. The Kier molecular flexibility index (Phi) is 5.11. The second kappa shape index (κ2) is 5.56. The van der Waals surface area contributed by atoms with Crippen molar-refractivity contribution in [2.45, 2.75) is 6.54 Å². The summed E-state index contributed by atoms with van der Waals surface area (Å²) < 4.78 is 0. The molecular weight excluding hydrogens is 190 g/mol. The number of carbonyl (C=O) groups is 1. The van der Waals surface area contributed by atoms with Gasteiger partial charge in [0.25, 0.3) is 0 Å². The Morgan fingerprint density at radius 1 is 1.38 bits per heavy atom. The normalized spacial score (nSPS) is 9.00. The van der Waals surface area contributed by atoms with Gasteiger partial charge < -0.3 is 10.4 Å². The molecule has 0 spiro atoms. The largest absolute Gasteiger partial charge is 0.478 e. The van der Waals surface area contributed by atoms with E-state index in [9.17, 15) is 4.79 Å². The third kappa shape index (κ3) is 3.44. The van der Waals surface area contributed by atoms with Crippen LogP contribution in [0.5, 0.6) is 0 Å². The molecule has 0 bridgehead atoms. The first-order valence-electron chi connectivity index (χ1n) is 3.71. The summed E-state index contributed by atoms with van der Waals surface area (Å²) in [5.74, 6) is -0.883. The molecule has 1 aromatic carbocycles. The van der Waals surface area contributed by atoms with Crippen LogP contribution in [0.4, 0.5) is 0 Å². The number of halogens is 1. The Morgan fingerprint density at radius 2 is 1.92 bits per heavy atom. The van der Waals surface area contributed by atoms with Gasteiger partial charge in [0, 0.05) is 6.54 Å². The molecule has 0 fully saturated rings. The Hall–Kier alpha value is -1.06. The minimum absolute atomic E-state index is 0. The summed E-state index contributed by atoms with van der Waals surface area (Å²) in [7, 11) is 1.85. The van der Waals surface area contributed by atoms with Gasteiger partial charge in [-0.25, -0.2) is 4.79 Å². The molecule has 0 amide bonds. The Bertz CT molecular complexity index is 271. The predicted molar refractivity (Wildman–Crippen MR) is 53.4 cm³/mol. The highest BCUT2D eigenvalue weighted by Gasteiger charge is 2.00. The van der Waals surface area contributed by atoms with Crippen molar-refractivity contribution in [1.29, 1.82) is 0 Å². The summed E-state index contributed by atoms with van der Waals surface area (Å²) in [6.07, 6.45) is 0. The van der Waals surface area contributed by atoms with Crippen molar-refractivity contribution in [3.63, 3.8) is 0 Å². The highest BCUT2D eigenvalue weighted by atomic mass is 35.5. The van der Waals surface area contributed by atoms with Crippen LogP contribution in [-0.4, -0.2) is 18.1 Å². The summed E-state index contributed by atoms with van der Waals surface area (Å²) in [5.41, 5.74) is 1.41. The van der Waals surface area contributed by atoms with Crippen LogP contribution in [0.1, 0.15) is 15.9 Å². The molecule has 0 aromatic heterocycles. The van der Waals surface area contributed by atoms with Gasteiger partial charge in [0.15, 0.2) is 0 Å². The highest BCUT2D eigenvalue weighted by Crippen LogP contribution is 2.03. The van der Waals surface area contributed by atoms with Crippen molar-refractivity contribution in [3.05, 3.63) is 35.4 Å². The molecule has 0 radical (unpaired) electrons. The lowest BCUT2D eigenvalue weighted by atomic mass is 10.1. The van der Waals surface area contributed by atoms with Gasteiger partial charge >= 0.3 is 5.97 Å². The number of nitrogens with one attached hydrogen (secondary N) is 1. The van der Waals surface area contributed by atoms with Gasteiger partial charge in [-0.05, 0) is 24.7 Å². The van der Waals surface area contributed by atoms with Crippen LogP contribution in [0.25, 0.3) is 0 Å². The van der Waals surface area contributed by atoms with Crippen molar-refractivity contribution in [3.8, 4) is 0 Å². The predicted octanol–water partition coefficient (Wildman–Crippen LogP) is 1.53. The zero-order valence-corrected chi connectivity index (χ0v) is 8.10. The molecule has 0 atom stereocenters. The Labute approximate surface area is 83.2 Å². The number of aromatic carboxylic acids is 1. The van der Waals surface area contributed by atoms with E-state index in [-0.39, 0.29) is 12.4 Å². The molecule has 0 saturated carbocycles. The maximum atomic E-state index is 10.5. The molecule has 0 aliphatic heterocycles.